The number of hydrogen-bond donors (Lipinski definition) is 2. The summed E-state index contributed by atoms with van der Waals surface area (Å²) in [6, 6.07) is 1.54. The number of alkyl halides is 3. The largest absolute Gasteiger partial charge is 0.451 e. The highest BCUT2D eigenvalue weighted by Gasteiger charge is 2.38. The zero-order valence-corrected chi connectivity index (χ0v) is 9.96. The lowest BCUT2D eigenvalue weighted by atomic mass is 10.2. The first-order valence-corrected chi connectivity index (χ1v) is 5.88. The molecule has 1 aromatic heterocycles. The summed E-state index contributed by atoms with van der Waals surface area (Å²) in [6.45, 7) is 2.08. The Hall–Kier alpha value is -1.53. The lowest BCUT2D eigenvalue weighted by molar-refractivity contribution is -0.144. The highest BCUT2D eigenvalue weighted by Crippen LogP contribution is 2.37. The van der Waals surface area contributed by atoms with Gasteiger partial charge >= 0.3 is 6.18 Å². The number of hydrogen-bond acceptors (Lipinski definition) is 4. The van der Waals surface area contributed by atoms with Crippen molar-refractivity contribution in [3.63, 3.8) is 0 Å². The van der Waals surface area contributed by atoms with E-state index in [-0.39, 0.29) is 17.7 Å². The first-order valence-electron chi connectivity index (χ1n) is 5.88. The number of nitrogens with one attached hydrogen (secondary N) is 1. The molecule has 2 rings (SSSR count). The van der Waals surface area contributed by atoms with E-state index in [9.17, 15) is 13.2 Å². The average Bonchev–Trinajstić information content (AvgIpc) is 2.94. The molecule has 7 heteroatoms. The van der Waals surface area contributed by atoms with Gasteiger partial charge in [-0.05, 0) is 18.8 Å². The van der Waals surface area contributed by atoms with Crippen LogP contribution in [0.15, 0.2) is 6.07 Å². The fourth-order valence-electron chi connectivity index (χ4n) is 1.97. The van der Waals surface area contributed by atoms with Gasteiger partial charge in [-0.3, -0.25) is 0 Å². The minimum absolute atomic E-state index is 0.151. The second-order valence-corrected chi connectivity index (χ2v) is 4.53. The molecule has 0 amide bonds. The van der Waals surface area contributed by atoms with E-state index in [1.807, 2.05) is 0 Å². The smallest absolute Gasteiger partial charge is 0.384 e. The molecule has 0 bridgehead atoms. The van der Waals surface area contributed by atoms with Crippen LogP contribution in [0.4, 0.5) is 24.8 Å². The molecule has 0 aliphatic heterocycles. The quantitative estimate of drug-likeness (QED) is 0.873. The van der Waals surface area contributed by atoms with Crippen LogP contribution in [0.25, 0.3) is 0 Å². The van der Waals surface area contributed by atoms with Crippen LogP contribution in [-0.2, 0) is 6.18 Å². The summed E-state index contributed by atoms with van der Waals surface area (Å²) in [6.07, 6.45) is -1.45. The number of halogens is 3. The fourth-order valence-corrected chi connectivity index (χ4v) is 1.97. The summed E-state index contributed by atoms with van der Waals surface area (Å²) in [7, 11) is 0. The van der Waals surface area contributed by atoms with Crippen LogP contribution in [0.3, 0.4) is 0 Å². The summed E-state index contributed by atoms with van der Waals surface area (Å²) in [5.74, 6) is -0.691. The maximum absolute atomic E-state index is 12.5. The maximum Gasteiger partial charge on any atom is 0.451 e. The Labute approximate surface area is 103 Å². The van der Waals surface area contributed by atoms with Crippen molar-refractivity contribution in [1.82, 2.24) is 9.97 Å². The summed E-state index contributed by atoms with van der Waals surface area (Å²) in [5.41, 5.74) is 5.35. The zero-order valence-electron chi connectivity index (χ0n) is 9.96. The molecule has 0 saturated heterocycles. The van der Waals surface area contributed by atoms with Gasteiger partial charge in [-0.25, -0.2) is 9.97 Å². The van der Waals surface area contributed by atoms with Gasteiger partial charge in [-0.1, -0.05) is 13.3 Å². The van der Waals surface area contributed by atoms with Gasteiger partial charge < -0.3 is 11.1 Å². The topological polar surface area (TPSA) is 63.8 Å². The lowest BCUT2D eigenvalue weighted by Crippen LogP contribution is -2.15. The van der Waals surface area contributed by atoms with Crippen molar-refractivity contribution in [2.45, 2.75) is 38.4 Å². The molecule has 3 N–H and O–H groups in total. The molecule has 2 atom stereocenters. The summed E-state index contributed by atoms with van der Waals surface area (Å²) in [5, 5.41) is 2.97. The van der Waals surface area contributed by atoms with Crippen molar-refractivity contribution in [3.8, 4) is 0 Å². The summed E-state index contributed by atoms with van der Waals surface area (Å²) >= 11 is 0. The van der Waals surface area contributed by atoms with Crippen molar-refractivity contribution >= 4 is 11.6 Å². The van der Waals surface area contributed by atoms with E-state index >= 15 is 0 Å². The SMILES string of the molecule is CCCC1CC1Nc1cc(N)nc(C(F)(F)F)n1. The first-order chi connectivity index (χ1) is 8.40. The van der Waals surface area contributed by atoms with Crippen molar-refractivity contribution in [2.75, 3.05) is 11.1 Å². The molecule has 1 fully saturated rings. The van der Waals surface area contributed by atoms with Crippen LogP contribution < -0.4 is 11.1 Å². The molecule has 100 valence electrons. The van der Waals surface area contributed by atoms with E-state index in [0.717, 1.165) is 19.3 Å². The Morgan fingerprint density at radius 2 is 2.17 bits per heavy atom. The fraction of sp³-hybridized carbons (Fsp3) is 0.636. The number of nitrogens with zero attached hydrogens (tertiary/aromatic N) is 2. The molecule has 1 aliphatic rings. The molecule has 1 aliphatic carbocycles. The standard InChI is InChI=1S/C11H15F3N4/c1-2-3-6-4-7(6)16-9-5-8(15)17-10(18-9)11(12,13)14/h5-7H,2-4H2,1H3,(H3,15,16,17,18). The number of nitrogens with two attached hydrogens (primary N) is 1. The number of aromatic nitrogens is 2. The molecular formula is C11H15F3N4. The molecule has 0 radical (unpaired) electrons. The third-order valence-corrected chi connectivity index (χ3v) is 2.91. The Kier molecular flexibility index (Phi) is 3.32. The Morgan fingerprint density at radius 3 is 2.78 bits per heavy atom. The number of rotatable bonds is 4. The van der Waals surface area contributed by atoms with Crippen molar-refractivity contribution in [3.05, 3.63) is 11.9 Å². The van der Waals surface area contributed by atoms with E-state index in [4.69, 9.17) is 5.73 Å². The van der Waals surface area contributed by atoms with Crippen LogP contribution in [0, 0.1) is 5.92 Å². The predicted octanol–water partition coefficient (Wildman–Crippen LogP) is 2.68. The third-order valence-electron chi connectivity index (χ3n) is 2.91. The Bertz CT molecular complexity index is 433. The predicted molar refractivity (Wildman–Crippen MR) is 61.9 cm³/mol. The maximum atomic E-state index is 12.5. The van der Waals surface area contributed by atoms with E-state index in [1.165, 1.54) is 6.07 Å². The van der Waals surface area contributed by atoms with Gasteiger partial charge in [0, 0.05) is 12.1 Å². The van der Waals surface area contributed by atoms with E-state index in [0.29, 0.717) is 5.92 Å². The molecule has 1 aromatic rings. The Morgan fingerprint density at radius 1 is 1.44 bits per heavy atom. The van der Waals surface area contributed by atoms with Gasteiger partial charge in [-0.15, -0.1) is 0 Å². The van der Waals surface area contributed by atoms with Gasteiger partial charge in [-0.2, -0.15) is 13.2 Å². The van der Waals surface area contributed by atoms with Crippen LogP contribution >= 0.6 is 0 Å². The number of anilines is 2. The minimum Gasteiger partial charge on any atom is -0.384 e. The Balaban J connectivity index is 2.08. The molecule has 1 saturated carbocycles. The second-order valence-electron chi connectivity index (χ2n) is 4.53. The summed E-state index contributed by atoms with van der Waals surface area (Å²) < 4.78 is 37.5. The van der Waals surface area contributed by atoms with Crippen LogP contribution in [0.5, 0.6) is 0 Å². The molecule has 0 aromatic carbocycles. The van der Waals surface area contributed by atoms with Crippen molar-refractivity contribution in [2.24, 2.45) is 5.92 Å². The zero-order chi connectivity index (χ0) is 13.3. The third kappa shape index (κ3) is 3.02. The van der Waals surface area contributed by atoms with Crippen LogP contribution in [0.1, 0.15) is 32.0 Å². The van der Waals surface area contributed by atoms with E-state index in [2.05, 4.69) is 22.2 Å². The summed E-state index contributed by atoms with van der Waals surface area (Å²) in [4.78, 5) is 6.64. The molecule has 1 heterocycles. The molecule has 2 unspecified atom stereocenters. The van der Waals surface area contributed by atoms with Gasteiger partial charge in [0.15, 0.2) is 0 Å². The van der Waals surface area contributed by atoms with Gasteiger partial charge in [0.2, 0.25) is 5.82 Å². The van der Waals surface area contributed by atoms with Crippen LogP contribution in [0.2, 0.25) is 0 Å². The molecule has 4 nitrogen and oxygen atoms in total. The van der Waals surface area contributed by atoms with E-state index in [1.54, 1.807) is 0 Å². The van der Waals surface area contributed by atoms with Gasteiger partial charge in [0.1, 0.15) is 11.6 Å². The normalized spacial score (nSPS) is 22.9. The van der Waals surface area contributed by atoms with E-state index < -0.39 is 12.0 Å². The molecule has 0 spiro atoms. The van der Waals surface area contributed by atoms with Gasteiger partial charge in [0.05, 0.1) is 0 Å². The molecular weight excluding hydrogens is 245 g/mol. The molecule has 18 heavy (non-hydrogen) atoms. The van der Waals surface area contributed by atoms with Crippen molar-refractivity contribution in [1.29, 1.82) is 0 Å². The second kappa shape index (κ2) is 4.62. The average molecular weight is 260 g/mol. The van der Waals surface area contributed by atoms with Crippen molar-refractivity contribution < 1.29 is 13.2 Å². The lowest BCUT2D eigenvalue weighted by Gasteiger charge is -2.09. The first kappa shape index (κ1) is 12.9. The monoisotopic (exact) mass is 260 g/mol. The number of nitrogen functional groups attached to an aromatic ring is 1. The van der Waals surface area contributed by atoms with Gasteiger partial charge in [0.25, 0.3) is 0 Å². The highest BCUT2D eigenvalue weighted by molar-refractivity contribution is 5.46. The minimum atomic E-state index is -4.57. The highest BCUT2D eigenvalue weighted by atomic mass is 19.4. The van der Waals surface area contributed by atoms with Crippen LogP contribution in [-0.4, -0.2) is 16.0 Å².